The molecule has 1 heterocycles. The first-order valence-corrected chi connectivity index (χ1v) is 11.3. The number of nitrogens with two attached hydrogens (primary N) is 1. The monoisotopic (exact) mass is 489 g/mol. The van der Waals surface area contributed by atoms with Crippen LogP contribution in [0.15, 0.2) is 47.4 Å². The second-order valence-corrected chi connectivity index (χ2v) is 9.53. The van der Waals surface area contributed by atoms with Crippen LogP contribution >= 0.6 is 11.6 Å². The average Bonchev–Trinajstić information content (AvgIpc) is 2.73. The Bertz CT molecular complexity index is 1150. The zero-order chi connectivity index (χ0) is 23.7. The highest BCUT2D eigenvalue weighted by Crippen LogP contribution is 2.36. The Morgan fingerprint density at radius 2 is 1.72 bits per heavy atom. The van der Waals surface area contributed by atoms with Gasteiger partial charge in [0.15, 0.2) is 0 Å². The van der Waals surface area contributed by atoms with Gasteiger partial charge < -0.3 is 11.1 Å². The number of anilines is 1. The topological polar surface area (TPSA) is 110 Å². The lowest BCUT2D eigenvalue weighted by molar-refractivity contribution is -0.139. The van der Waals surface area contributed by atoms with Crippen LogP contribution in [-0.4, -0.2) is 37.6 Å². The van der Waals surface area contributed by atoms with E-state index in [9.17, 15) is 31.2 Å². The number of sulfonamides is 1. The largest absolute Gasteiger partial charge is 0.417 e. The zero-order valence-electron chi connectivity index (χ0n) is 16.5. The summed E-state index contributed by atoms with van der Waals surface area (Å²) in [6.07, 6.45) is -4.55. The van der Waals surface area contributed by atoms with Gasteiger partial charge in [-0.05, 0) is 43.2 Å². The quantitative estimate of drug-likeness (QED) is 0.669. The molecule has 2 aromatic rings. The summed E-state index contributed by atoms with van der Waals surface area (Å²) >= 11 is 5.96. The molecule has 32 heavy (non-hydrogen) atoms. The molecule has 2 amide bonds. The van der Waals surface area contributed by atoms with Crippen molar-refractivity contribution in [3.63, 3.8) is 0 Å². The van der Waals surface area contributed by atoms with Crippen molar-refractivity contribution in [1.29, 1.82) is 0 Å². The highest BCUT2D eigenvalue weighted by atomic mass is 35.5. The van der Waals surface area contributed by atoms with Gasteiger partial charge in [0.25, 0.3) is 0 Å². The molecule has 1 saturated heterocycles. The summed E-state index contributed by atoms with van der Waals surface area (Å²) in [6, 6.07) is 8.20. The molecule has 2 aromatic carbocycles. The number of nitrogens with one attached hydrogen (secondary N) is 1. The molecule has 0 aromatic heterocycles. The number of rotatable bonds is 5. The van der Waals surface area contributed by atoms with Gasteiger partial charge in [-0.15, -0.1) is 0 Å². The van der Waals surface area contributed by atoms with E-state index in [1.165, 1.54) is 24.3 Å². The van der Waals surface area contributed by atoms with E-state index in [1.807, 2.05) is 0 Å². The van der Waals surface area contributed by atoms with Crippen LogP contribution in [0.2, 0.25) is 5.02 Å². The van der Waals surface area contributed by atoms with Gasteiger partial charge in [-0.2, -0.15) is 17.5 Å². The Labute approximate surface area is 187 Å². The second-order valence-electron chi connectivity index (χ2n) is 7.22. The van der Waals surface area contributed by atoms with Gasteiger partial charge in [0.1, 0.15) is 0 Å². The summed E-state index contributed by atoms with van der Waals surface area (Å²) in [6.45, 7) is -0.206. The number of halogens is 4. The van der Waals surface area contributed by atoms with E-state index in [2.05, 4.69) is 5.32 Å². The van der Waals surface area contributed by atoms with Crippen molar-refractivity contribution in [3.05, 3.63) is 58.6 Å². The SMILES string of the molecule is NC(=O)c1ccc(NC(=O)C2CCN(S(=O)(=O)c3ccccc3C(F)(F)F)CC2)cc1Cl. The Hall–Kier alpha value is -2.63. The molecule has 1 aliphatic rings. The number of piperidine rings is 1. The Morgan fingerprint density at radius 1 is 1.09 bits per heavy atom. The number of benzene rings is 2. The molecule has 7 nitrogen and oxygen atoms in total. The maximum atomic E-state index is 13.2. The van der Waals surface area contributed by atoms with E-state index >= 15 is 0 Å². The van der Waals surface area contributed by atoms with Crippen LogP contribution in [-0.2, 0) is 21.0 Å². The predicted molar refractivity (Wildman–Crippen MR) is 112 cm³/mol. The first-order valence-electron chi connectivity index (χ1n) is 9.48. The van der Waals surface area contributed by atoms with Crippen LogP contribution in [0, 0.1) is 5.92 Å². The number of hydrogen-bond acceptors (Lipinski definition) is 4. The fraction of sp³-hybridized carbons (Fsp3) is 0.300. The van der Waals surface area contributed by atoms with Gasteiger partial charge >= 0.3 is 6.18 Å². The fourth-order valence-electron chi connectivity index (χ4n) is 3.46. The molecular weight excluding hydrogens is 471 g/mol. The van der Waals surface area contributed by atoms with Gasteiger partial charge in [-0.1, -0.05) is 23.7 Å². The van der Waals surface area contributed by atoms with Gasteiger partial charge in [0.05, 0.1) is 21.0 Å². The van der Waals surface area contributed by atoms with Crippen molar-refractivity contribution in [2.24, 2.45) is 11.7 Å². The number of alkyl halides is 3. The van der Waals surface area contributed by atoms with Crippen LogP contribution in [0.4, 0.5) is 18.9 Å². The maximum Gasteiger partial charge on any atom is 0.417 e. The number of primary amides is 1. The van der Waals surface area contributed by atoms with Crippen LogP contribution in [0.5, 0.6) is 0 Å². The molecule has 172 valence electrons. The smallest absolute Gasteiger partial charge is 0.366 e. The first-order chi connectivity index (χ1) is 14.9. The number of hydrogen-bond donors (Lipinski definition) is 2. The van der Waals surface area contributed by atoms with E-state index in [0.717, 1.165) is 22.5 Å². The summed E-state index contributed by atoms with van der Waals surface area (Å²) in [5.41, 5.74) is 4.39. The van der Waals surface area contributed by atoms with Crippen molar-refractivity contribution in [3.8, 4) is 0 Å². The minimum absolute atomic E-state index is 0.0690. The lowest BCUT2D eigenvalue weighted by Gasteiger charge is -2.31. The lowest BCUT2D eigenvalue weighted by Crippen LogP contribution is -2.41. The van der Waals surface area contributed by atoms with Gasteiger partial charge in [0.2, 0.25) is 21.8 Å². The third-order valence-electron chi connectivity index (χ3n) is 5.14. The molecule has 0 aliphatic carbocycles. The average molecular weight is 490 g/mol. The van der Waals surface area contributed by atoms with E-state index in [4.69, 9.17) is 17.3 Å². The molecule has 3 rings (SSSR count). The Balaban J connectivity index is 1.68. The lowest BCUT2D eigenvalue weighted by atomic mass is 9.97. The third kappa shape index (κ3) is 5.05. The minimum Gasteiger partial charge on any atom is -0.366 e. The molecule has 0 atom stereocenters. The summed E-state index contributed by atoms with van der Waals surface area (Å²) < 4.78 is 66.3. The first kappa shape index (κ1) is 24.0. The molecular formula is C20H19ClF3N3O4S. The van der Waals surface area contributed by atoms with Crippen molar-refractivity contribution in [1.82, 2.24) is 4.31 Å². The molecule has 3 N–H and O–H groups in total. The molecule has 0 bridgehead atoms. The molecule has 1 aliphatic heterocycles. The van der Waals surface area contributed by atoms with Gasteiger partial charge in [-0.25, -0.2) is 8.42 Å². The van der Waals surface area contributed by atoms with Gasteiger partial charge in [-0.3, -0.25) is 9.59 Å². The van der Waals surface area contributed by atoms with Crippen molar-refractivity contribution < 1.29 is 31.2 Å². The number of carbonyl (C=O) groups is 2. The molecule has 0 saturated carbocycles. The van der Waals surface area contributed by atoms with E-state index in [1.54, 1.807) is 0 Å². The second kappa shape index (κ2) is 9.08. The molecule has 0 radical (unpaired) electrons. The Kier molecular flexibility index (Phi) is 6.82. The van der Waals surface area contributed by atoms with Crippen LogP contribution in [0.1, 0.15) is 28.8 Å². The highest BCUT2D eigenvalue weighted by molar-refractivity contribution is 7.89. The van der Waals surface area contributed by atoms with E-state index in [0.29, 0.717) is 5.69 Å². The zero-order valence-corrected chi connectivity index (χ0v) is 18.1. The Morgan fingerprint density at radius 3 is 2.28 bits per heavy atom. The summed E-state index contributed by atoms with van der Waals surface area (Å²) in [4.78, 5) is 23.0. The van der Waals surface area contributed by atoms with Crippen molar-refractivity contribution in [2.45, 2.75) is 23.9 Å². The van der Waals surface area contributed by atoms with Crippen molar-refractivity contribution in [2.75, 3.05) is 18.4 Å². The summed E-state index contributed by atoms with van der Waals surface area (Å²) in [5.74, 6) is -1.65. The molecule has 1 fully saturated rings. The fourth-order valence-corrected chi connectivity index (χ4v) is 5.42. The minimum atomic E-state index is -4.81. The number of carbonyl (C=O) groups excluding carboxylic acids is 2. The van der Waals surface area contributed by atoms with Crippen LogP contribution < -0.4 is 11.1 Å². The molecule has 12 heteroatoms. The van der Waals surface area contributed by atoms with E-state index in [-0.39, 0.29) is 42.4 Å². The van der Waals surface area contributed by atoms with Crippen molar-refractivity contribution >= 4 is 39.1 Å². The maximum absolute atomic E-state index is 13.2. The third-order valence-corrected chi connectivity index (χ3v) is 7.41. The van der Waals surface area contributed by atoms with E-state index < -0.39 is 38.5 Å². The number of nitrogens with zero attached hydrogens (tertiary/aromatic N) is 1. The standard InChI is InChI=1S/C20H19ClF3N3O4S/c21-16-11-13(5-6-14(16)18(25)28)26-19(29)12-7-9-27(10-8-12)32(30,31)17-4-2-1-3-15(17)20(22,23)24/h1-6,11-12H,7-10H2,(H2,25,28)(H,26,29). The van der Waals surface area contributed by atoms with Crippen LogP contribution in [0.25, 0.3) is 0 Å². The molecule has 0 unspecified atom stereocenters. The van der Waals surface area contributed by atoms with Crippen LogP contribution in [0.3, 0.4) is 0 Å². The summed E-state index contributed by atoms with van der Waals surface area (Å²) in [5, 5.41) is 2.71. The number of amides is 2. The molecule has 0 spiro atoms. The predicted octanol–water partition coefficient (Wildman–Crippen LogP) is 3.50. The normalized spacial score (nSPS) is 16.0. The van der Waals surface area contributed by atoms with Gasteiger partial charge in [0, 0.05) is 24.7 Å². The highest BCUT2D eigenvalue weighted by Gasteiger charge is 2.40. The summed E-state index contributed by atoms with van der Waals surface area (Å²) in [7, 11) is -4.38.